The zero-order valence-electron chi connectivity index (χ0n) is 11.1. The second-order valence-electron chi connectivity index (χ2n) is 5.90. The minimum Gasteiger partial charge on any atom is -0.388 e. The normalized spacial score (nSPS) is 22.4. The molecular formula is C14H21N3S. The van der Waals surface area contributed by atoms with Crippen molar-refractivity contribution in [2.24, 2.45) is 11.1 Å². The van der Waals surface area contributed by atoms with Gasteiger partial charge in [0.15, 0.2) is 0 Å². The Kier molecular flexibility index (Phi) is 3.85. The van der Waals surface area contributed by atoms with Crippen molar-refractivity contribution in [2.45, 2.75) is 45.6 Å². The van der Waals surface area contributed by atoms with E-state index in [1.165, 1.54) is 25.7 Å². The van der Waals surface area contributed by atoms with Gasteiger partial charge in [0.2, 0.25) is 0 Å². The summed E-state index contributed by atoms with van der Waals surface area (Å²) in [6.45, 7) is 4.68. The molecule has 3 N–H and O–H groups in total. The summed E-state index contributed by atoms with van der Waals surface area (Å²) in [7, 11) is 0. The van der Waals surface area contributed by atoms with Gasteiger partial charge >= 0.3 is 0 Å². The molecule has 0 amide bonds. The van der Waals surface area contributed by atoms with Crippen molar-refractivity contribution in [1.82, 2.24) is 4.98 Å². The molecule has 0 aliphatic heterocycles. The van der Waals surface area contributed by atoms with Crippen molar-refractivity contribution < 1.29 is 0 Å². The van der Waals surface area contributed by atoms with Crippen LogP contribution >= 0.6 is 12.2 Å². The molecule has 0 bridgehead atoms. The number of nitrogens with zero attached hydrogens (tertiary/aromatic N) is 1. The highest BCUT2D eigenvalue weighted by molar-refractivity contribution is 7.80. The largest absolute Gasteiger partial charge is 0.388 e. The van der Waals surface area contributed by atoms with Crippen molar-refractivity contribution in [3.8, 4) is 0 Å². The van der Waals surface area contributed by atoms with Crippen LogP contribution < -0.4 is 11.1 Å². The predicted molar refractivity (Wildman–Crippen MR) is 79.8 cm³/mol. The van der Waals surface area contributed by atoms with Crippen LogP contribution in [-0.4, -0.2) is 16.0 Å². The first-order valence-electron chi connectivity index (χ1n) is 6.49. The average Bonchev–Trinajstić information content (AvgIpc) is 2.28. The van der Waals surface area contributed by atoms with Gasteiger partial charge in [-0.25, -0.2) is 0 Å². The summed E-state index contributed by atoms with van der Waals surface area (Å²) in [4.78, 5) is 4.50. The Balaban J connectivity index is 2.05. The number of aromatic nitrogens is 1. The highest BCUT2D eigenvalue weighted by atomic mass is 32.1. The van der Waals surface area contributed by atoms with Gasteiger partial charge in [-0.1, -0.05) is 32.5 Å². The summed E-state index contributed by atoms with van der Waals surface area (Å²) in [6.07, 6.45) is 6.80. The second kappa shape index (κ2) is 5.22. The molecule has 1 aliphatic carbocycles. The van der Waals surface area contributed by atoms with E-state index in [0.29, 0.717) is 22.1 Å². The first-order valence-corrected chi connectivity index (χ1v) is 6.89. The lowest BCUT2D eigenvalue weighted by Crippen LogP contribution is -2.31. The first-order chi connectivity index (χ1) is 8.46. The molecule has 98 valence electrons. The third kappa shape index (κ3) is 3.42. The van der Waals surface area contributed by atoms with E-state index >= 15 is 0 Å². The van der Waals surface area contributed by atoms with Crippen molar-refractivity contribution in [2.75, 3.05) is 5.32 Å². The number of thiocarbonyl (C=S) groups is 1. The van der Waals surface area contributed by atoms with E-state index in [2.05, 4.69) is 24.1 Å². The molecule has 0 aromatic carbocycles. The lowest BCUT2D eigenvalue weighted by molar-refractivity contribution is 0.229. The van der Waals surface area contributed by atoms with Gasteiger partial charge in [0.25, 0.3) is 0 Å². The van der Waals surface area contributed by atoms with E-state index < -0.39 is 0 Å². The number of nitrogens with one attached hydrogen (secondary N) is 1. The van der Waals surface area contributed by atoms with E-state index in [4.69, 9.17) is 18.0 Å². The Labute approximate surface area is 114 Å². The minimum absolute atomic E-state index is 0.350. The average molecular weight is 263 g/mol. The molecule has 1 aromatic heterocycles. The number of hydrogen-bond acceptors (Lipinski definition) is 3. The molecule has 0 saturated heterocycles. The highest BCUT2D eigenvalue weighted by Crippen LogP contribution is 2.36. The molecule has 3 nitrogen and oxygen atoms in total. The van der Waals surface area contributed by atoms with Crippen LogP contribution in [0.15, 0.2) is 18.3 Å². The van der Waals surface area contributed by atoms with Crippen LogP contribution in [0.2, 0.25) is 0 Å². The molecule has 2 rings (SSSR count). The van der Waals surface area contributed by atoms with Gasteiger partial charge in [-0.05, 0) is 36.8 Å². The summed E-state index contributed by atoms with van der Waals surface area (Å²) < 4.78 is 0. The third-order valence-corrected chi connectivity index (χ3v) is 3.80. The molecular weight excluding hydrogens is 242 g/mol. The van der Waals surface area contributed by atoms with Crippen LogP contribution in [0.5, 0.6) is 0 Å². The maximum absolute atomic E-state index is 5.60. The van der Waals surface area contributed by atoms with Crippen molar-refractivity contribution in [1.29, 1.82) is 0 Å². The summed E-state index contributed by atoms with van der Waals surface area (Å²) >= 11 is 4.95. The molecule has 0 spiro atoms. The molecule has 0 radical (unpaired) electrons. The predicted octanol–water partition coefficient (Wildman–Crippen LogP) is 3.10. The standard InChI is InChI=1S/C14H21N3S/c1-14(2)6-3-4-11(9-14)17-10-5-7-16-12(8-10)13(15)18/h5,7-8,11H,3-4,6,9H2,1-2H3,(H2,15,18)(H,16,17). The van der Waals surface area contributed by atoms with Crippen molar-refractivity contribution >= 4 is 22.9 Å². The zero-order valence-corrected chi connectivity index (χ0v) is 11.9. The van der Waals surface area contributed by atoms with Crippen LogP contribution in [-0.2, 0) is 0 Å². The van der Waals surface area contributed by atoms with Crippen molar-refractivity contribution in [3.05, 3.63) is 24.0 Å². The SMILES string of the molecule is CC1(C)CCCC(Nc2ccnc(C(N)=S)c2)C1. The molecule has 1 unspecified atom stereocenters. The second-order valence-corrected chi connectivity index (χ2v) is 6.34. The highest BCUT2D eigenvalue weighted by Gasteiger charge is 2.27. The molecule has 1 saturated carbocycles. The topological polar surface area (TPSA) is 50.9 Å². The van der Waals surface area contributed by atoms with Crippen LogP contribution in [0.25, 0.3) is 0 Å². The molecule has 1 atom stereocenters. The van der Waals surface area contributed by atoms with Gasteiger partial charge < -0.3 is 11.1 Å². The Bertz CT molecular complexity index is 442. The molecule has 1 heterocycles. The lowest BCUT2D eigenvalue weighted by atomic mass is 9.75. The van der Waals surface area contributed by atoms with E-state index in [1.54, 1.807) is 6.20 Å². The Morgan fingerprint density at radius 1 is 1.56 bits per heavy atom. The van der Waals surface area contributed by atoms with Crippen LogP contribution in [0.4, 0.5) is 5.69 Å². The summed E-state index contributed by atoms with van der Waals surface area (Å²) in [5.74, 6) is 0. The maximum Gasteiger partial charge on any atom is 0.122 e. The molecule has 4 heteroatoms. The van der Waals surface area contributed by atoms with Gasteiger partial charge in [-0.15, -0.1) is 0 Å². The Morgan fingerprint density at radius 2 is 2.33 bits per heavy atom. The molecule has 1 fully saturated rings. The monoisotopic (exact) mass is 263 g/mol. The minimum atomic E-state index is 0.350. The van der Waals surface area contributed by atoms with Gasteiger partial charge in [-0.2, -0.15) is 0 Å². The van der Waals surface area contributed by atoms with Crippen LogP contribution in [0.3, 0.4) is 0 Å². The van der Waals surface area contributed by atoms with Gasteiger partial charge in [0, 0.05) is 17.9 Å². The quantitative estimate of drug-likeness (QED) is 0.823. The Morgan fingerprint density at radius 3 is 3.00 bits per heavy atom. The number of nitrogens with two attached hydrogens (primary N) is 1. The van der Waals surface area contributed by atoms with Crippen LogP contribution in [0.1, 0.15) is 45.2 Å². The number of anilines is 1. The fourth-order valence-corrected chi connectivity index (χ4v) is 2.82. The lowest BCUT2D eigenvalue weighted by Gasteiger charge is -2.36. The van der Waals surface area contributed by atoms with E-state index in [-0.39, 0.29) is 0 Å². The summed E-state index contributed by atoms with van der Waals surface area (Å²) in [6, 6.07) is 4.45. The van der Waals surface area contributed by atoms with Crippen molar-refractivity contribution in [3.63, 3.8) is 0 Å². The van der Waals surface area contributed by atoms with E-state index in [9.17, 15) is 0 Å². The summed E-state index contributed by atoms with van der Waals surface area (Å²) in [5, 5.41) is 3.58. The molecule has 1 aromatic rings. The molecule has 1 aliphatic rings. The first kappa shape index (κ1) is 13.3. The fourth-order valence-electron chi connectivity index (χ4n) is 2.71. The van der Waals surface area contributed by atoms with E-state index in [1.807, 2.05) is 12.1 Å². The zero-order chi connectivity index (χ0) is 13.2. The number of pyridine rings is 1. The number of rotatable bonds is 3. The third-order valence-electron chi connectivity index (χ3n) is 3.59. The van der Waals surface area contributed by atoms with Gasteiger partial charge in [0.05, 0.1) is 5.69 Å². The number of hydrogen-bond donors (Lipinski definition) is 2. The molecule has 18 heavy (non-hydrogen) atoms. The van der Waals surface area contributed by atoms with E-state index in [0.717, 1.165) is 5.69 Å². The maximum atomic E-state index is 5.60. The smallest absolute Gasteiger partial charge is 0.122 e. The summed E-state index contributed by atoms with van der Waals surface area (Å²) in [5.41, 5.74) is 7.79. The van der Waals surface area contributed by atoms with Gasteiger partial charge in [-0.3, -0.25) is 4.98 Å². The Hall–Kier alpha value is -1.16. The van der Waals surface area contributed by atoms with Crippen LogP contribution in [0, 0.1) is 5.41 Å². The fraction of sp³-hybridized carbons (Fsp3) is 0.571. The van der Waals surface area contributed by atoms with Gasteiger partial charge in [0.1, 0.15) is 4.99 Å².